The topological polar surface area (TPSA) is 67.4 Å². The Labute approximate surface area is 175 Å². The molecule has 2 atom stereocenters. The highest BCUT2D eigenvalue weighted by molar-refractivity contribution is 5.79. The highest BCUT2D eigenvalue weighted by Gasteiger charge is 2.25. The Balaban J connectivity index is 2.03. The third kappa shape index (κ3) is 7.17. The zero-order valence-corrected chi connectivity index (χ0v) is 18.8. The van der Waals surface area contributed by atoms with Gasteiger partial charge in [0.15, 0.2) is 5.96 Å². The Morgan fingerprint density at radius 1 is 1.10 bits per heavy atom. The molecule has 0 radical (unpaired) electrons. The summed E-state index contributed by atoms with van der Waals surface area (Å²) in [5, 5.41) is 6.90. The van der Waals surface area contributed by atoms with E-state index < -0.39 is 0 Å². The van der Waals surface area contributed by atoms with E-state index in [1.54, 1.807) is 21.3 Å². The van der Waals surface area contributed by atoms with Crippen molar-refractivity contribution in [1.29, 1.82) is 0 Å². The first-order valence-corrected chi connectivity index (χ1v) is 10.3. The molecule has 1 saturated heterocycles. The van der Waals surface area contributed by atoms with Crippen LogP contribution in [0.2, 0.25) is 0 Å². The van der Waals surface area contributed by atoms with Crippen LogP contribution < -0.4 is 15.4 Å². The van der Waals surface area contributed by atoms with Crippen LogP contribution in [0, 0.1) is 5.41 Å². The quantitative estimate of drug-likeness (QED) is 0.510. The first-order chi connectivity index (χ1) is 13.9. The van der Waals surface area contributed by atoms with Crippen LogP contribution in [0.4, 0.5) is 0 Å². The van der Waals surface area contributed by atoms with E-state index >= 15 is 0 Å². The first kappa shape index (κ1) is 23.4. The van der Waals surface area contributed by atoms with Gasteiger partial charge in [-0.15, -0.1) is 0 Å². The number of guanidine groups is 1. The molecule has 7 nitrogen and oxygen atoms in total. The second-order valence-electron chi connectivity index (χ2n) is 8.36. The fraction of sp³-hybridized carbons (Fsp3) is 0.682. The van der Waals surface area contributed by atoms with Crippen LogP contribution >= 0.6 is 0 Å². The number of methoxy groups -OCH3 is 2. The lowest BCUT2D eigenvalue weighted by Gasteiger charge is -2.35. The fourth-order valence-electron chi connectivity index (χ4n) is 3.52. The second-order valence-corrected chi connectivity index (χ2v) is 8.36. The van der Waals surface area contributed by atoms with Gasteiger partial charge in [0.1, 0.15) is 5.75 Å². The molecule has 0 bridgehead atoms. The van der Waals surface area contributed by atoms with E-state index in [9.17, 15) is 0 Å². The molecule has 0 aromatic heterocycles. The van der Waals surface area contributed by atoms with Gasteiger partial charge in [-0.3, -0.25) is 9.89 Å². The monoisotopic (exact) mass is 406 g/mol. The number of rotatable bonds is 8. The van der Waals surface area contributed by atoms with Crippen LogP contribution in [0.15, 0.2) is 29.3 Å². The molecule has 0 saturated carbocycles. The third-order valence-electron chi connectivity index (χ3n) is 5.38. The van der Waals surface area contributed by atoms with Gasteiger partial charge in [-0.05, 0) is 23.1 Å². The van der Waals surface area contributed by atoms with Crippen molar-refractivity contribution >= 4 is 5.96 Å². The summed E-state index contributed by atoms with van der Waals surface area (Å²) in [4.78, 5) is 6.85. The summed E-state index contributed by atoms with van der Waals surface area (Å²) in [6.07, 6.45) is 0.0951. The average Bonchev–Trinajstić information content (AvgIpc) is 2.73. The van der Waals surface area contributed by atoms with E-state index in [0.717, 1.165) is 44.6 Å². The third-order valence-corrected chi connectivity index (χ3v) is 5.38. The van der Waals surface area contributed by atoms with Gasteiger partial charge in [-0.25, -0.2) is 0 Å². The number of hydrogen-bond acceptors (Lipinski definition) is 5. The molecule has 29 heavy (non-hydrogen) atoms. The van der Waals surface area contributed by atoms with E-state index in [0.29, 0.717) is 6.54 Å². The van der Waals surface area contributed by atoms with Gasteiger partial charge in [0.2, 0.25) is 0 Å². The molecule has 1 aliphatic rings. The molecule has 164 valence electrons. The number of nitrogens with one attached hydrogen (secondary N) is 2. The predicted octanol–water partition coefficient (Wildman–Crippen LogP) is 2.29. The molecule has 0 amide bonds. The lowest BCUT2D eigenvalue weighted by atomic mass is 9.89. The Kier molecular flexibility index (Phi) is 9.20. The SMILES string of the molecule is CN=C(NCC(c1ccc(OC)cc1)N1CCOCC1)NCC(OC)C(C)(C)C. The van der Waals surface area contributed by atoms with E-state index in [4.69, 9.17) is 14.2 Å². The van der Waals surface area contributed by atoms with Crippen LogP contribution in [-0.4, -0.2) is 77.6 Å². The Morgan fingerprint density at radius 3 is 2.24 bits per heavy atom. The molecule has 2 N–H and O–H groups in total. The van der Waals surface area contributed by atoms with Crippen molar-refractivity contribution in [2.24, 2.45) is 10.4 Å². The van der Waals surface area contributed by atoms with Gasteiger partial charge in [0.25, 0.3) is 0 Å². The van der Waals surface area contributed by atoms with Gasteiger partial charge in [-0.1, -0.05) is 32.9 Å². The molecule has 1 aromatic carbocycles. The summed E-state index contributed by atoms with van der Waals surface area (Å²) in [5.41, 5.74) is 1.31. The van der Waals surface area contributed by atoms with Crippen molar-refractivity contribution in [3.05, 3.63) is 29.8 Å². The lowest BCUT2D eigenvalue weighted by Crippen LogP contribution is -2.48. The maximum atomic E-state index is 5.64. The fourth-order valence-corrected chi connectivity index (χ4v) is 3.52. The van der Waals surface area contributed by atoms with Gasteiger partial charge in [-0.2, -0.15) is 0 Å². The largest absolute Gasteiger partial charge is 0.497 e. The molecule has 0 aliphatic carbocycles. The lowest BCUT2D eigenvalue weighted by molar-refractivity contribution is 0.0165. The van der Waals surface area contributed by atoms with Crippen LogP contribution in [0.1, 0.15) is 32.4 Å². The number of nitrogens with zero attached hydrogens (tertiary/aromatic N) is 2. The summed E-state index contributed by atoms with van der Waals surface area (Å²) in [6, 6.07) is 8.53. The van der Waals surface area contributed by atoms with Crippen LogP contribution in [0.3, 0.4) is 0 Å². The summed E-state index contributed by atoms with van der Waals surface area (Å²) < 4.78 is 16.5. The standard InChI is InChI=1S/C22H38N4O3/c1-22(2,3)20(28-6)16-25-21(23-4)24-15-19(26-11-13-29-14-12-26)17-7-9-18(27-5)10-8-17/h7-10,19-20H,11-16H2,1-6H3,(H2,23,24,25). The van der Waals surface area contributed by atoms with Gasteiger partial charge in [0, 0.05) is 40.3 Å². The molecule has 7 heteroatoms. The van der Waals surface area contributed by atoms with E-state index in [1.165, 1.54) is 5.56 Å². The summed E-state index contributed by atoms with van der Waals surface area (Å²) in [5.74, 6) is 1.65. The van der Waals surface area contributed by atoms with Gasteiger partial charge in [0.05, 0.1) is 32.5 Å². The molecule has 1 heterocycles. The van der Waals surface area contributed by atoms with Crippen molar-refractivity contribution in [1.82, 2.24) is 15.5 Å². The highest BCUT2D eigenvalue weighted by Crippen LogP contribution is 2.24. The Hall–Kier alpha value is -1.83. The molecule has 0 spiro atoms. The number of benzene rings is 1. The summed E-state index contributed by atoms with van der Waals surface area (Å²) in [6.45, 7) is 11.3. The van der Waals surface area contributed by atoms with Crippen LogP contribution in [0.5, 0.6) is 5.75 Å². The number of aliphatic imine (C=N–C) groups is 1. The number of hydrogen-bond donors (Lipinski definition) is 2. The highest BCUT2D eigenvalue weighted by atomic mass is 16.5. The Morgan fingerprint density at radius 2 is 1.72 bits per heavy atom. The van der Waals surface area contributed by atoms with Crippen LogP contribution in [-0.2, 0) is 9.47 Å². The Bertz CT molecular complexity index is 622. The predicted molar refractivity (Wildman–Crippen MR) is 118 cm³/mol. The van der Waals surface area contributed by atoms with Crippen molar-refractivity contribution in [3.63, 3.8) is 0 Å². The van der Waals surface area contributed by atoms with Crippen LogP contribution in [0.25, 0.3) is 0 Å². The first-order valence-electron chi connectivity index (χ1n) is 10.3. The number of ether oxygens (including phenoxy) is 3. The summed E-state index contributed by atoms with van der Waals surface area (Å²) >= 11 is 0. The van der Waals surface area contributed by atoms with Crippen molar-refractivity contribution < 1.29 is 14.2 Å². The molecule has 1 fully saturated rings. The average molecular weight is 407 g/mol. The summed E-state index contributed by atoms with van der Waals surface area (Å²) in [7, 11) is 5.24. The molecule has 1 aromatic rings. The van der Waals surface area contributed by atoms with Crippen molar-refractivity contribution in [2.75, 3.05) is 60.7 Å². The minimum atomic E-state index is 0.0556. The van der Waals surface area contributed by atoms with E-state index in [-0.39, 0.29) is 17.6 Å². The van der Waals surface area contributed by atoms with E-state index in [1.807, 2.05) is 12.1 Å². The van der Waals surface area contributed by atoms with Crippen molar-refractivity contribution in [2.45, 2.75) is 32.9 Å². The minimum absolute atomic E-state index is 0.0556. The maximum Gasteiger partial charge on any atom is 0.191 e. The molecule has 2 unspecified atom stereocenters. The molecule has 2 rings (SSSR count). The van der Waals surface area contributed by atoms with Gasteiger partial charge >= 0.3 is 0 Å². The van der Waals surface area contributed by atoms with Gasteiger partial charge < -0.3 is 24.8 Å². The maximum absolute atomic E-state index is 5.64. The zero-order chi connectivity index (χ0) is 21.3. The molecular formula is C22H38N4O3. The van der Waals surface area contributed by atoms with E-state index in [2.05, 4.69) is 53.4 Å². The normalized spacial score (nSPS) is 18.2. The molecular weight excluding hydrogens is 368 g/mol. The molecule has 1 aliphatic heterocycles. The van der Waals surface area contributed by atoms with Crippen molar-refractivity contribution in [3.8, 4) is 5.75 Å². The zero-order valence-electron chi connectivity index (χ0n) is 18.8. The number of morpholine rings is 1. The smallest absolute Gasteiger partial charge is 0.191 e. The second kappa shape index (κ2) is 11.4. The minimum Gasteiger partial charge on any atom is -0.497 e.